The van der Waals surface area contributed by atoms with Crippen molar-refractivity contribution in [3.8, 4) is 0 Å². The summed E-state index contributed by atoms with van der Waals surface area (Å²) in [7, 11) is 0. The van der Waals surface area contributed by atoms with Crippen LogP contribution in [0.15, 0.2) is 28.7 Å². The van der Waals surface area contributed by atoms with E-state index in [4.69, 9.17) is 4.42 Å². The number of rotatable bonds is 7. The lowest BCUT2D eigenvalue weighted by molar-refractivity contribution is 0.395. The summed E-state index contributed by atoms with van der Waals surface area (Å²) in [6.07, 6.45) is 2.94. The second-order valence-corrected chi connectivity index (χ2v) is 4.08. The summed E-state index contributed by atoms with van der Waals surface area (Å²) in [6.45, 7) is 11.4. The van der Waals surface area contributed by atoms with Crippen molar-refractivity contribution >= 4 is 0 Å². The summed E-state index contributed by atoms with van der Waals surface area (Å²) in [4.78, 5) is 0. The third-order valence-electron chi connectivity index (χ3n) is 2.82. The van der Waals surface area contributed by atoms with Gasteiger partial charge >= 0.3 is 0 Å². The molecule has 0 aromatic carbocycles. The van der Waals surface area contributed by atoms with Crippen LogP contribution in [0.5, 0.6) is 0 Å². The zero-order valence-corrected chi connectivity index (χ0v) is 10.7. The van der Waals surface area contributed by atoms with Gasteiger partial charge in [0.25, 0.3) is 0 Å². The molecule has 1 heterocycles. The number of aryl methyl sites for hydroxylation is 1. The third-order valence-corrected chi connectivity index (χ3v) is 2.82. The molecule has 1 aromatic rings. The molecule has 0 fully saturated rings. The van der Waals surface area contributed by atoms with Gasteiger partial charge in [0.2, 0.25) is 0 Å². The monoisotopic (exact) mass is 221 g/mol. The van der Waals surface area contributed by atoms with Crippen molar-refractivity contribution in [2.75, 3.05) is 6.54 Å². The van der Waals surface area contributed by atoms with E-state index >= 15 is 0 Å². The smallest absolute Gasteiger partial charge is 0.121 e. The van der Waals surface area contributed by atoms with E-state index in [1.807, 2.05) is 0 Å². The molecule has 0 saturated heterocycles. The molecule has 0 aliphatic carbocycles. The molecule has 1 atom stereocenters. The van der Waals surface area contributed by atoms with Gasteiger partial charge in [-0.3, -0.25) is 0 Å². The Hall–Kier alpha value is -1.02. The lowest BCUT2D eigenvalue weighted by Crippen LogP contribution is -2.20. The van der Waals surface area contributed by atoms with E-state index < -0.39 is 0 Å². The van der Waals surface area contributed by atoms with Gasteiger partial charge in [-0.1, -0.05) is 32.9 Å². The standard InChI is InChI=1S/C14H23NO/c1-5-11(4)10-13(15-7-3)14-9-8-12(6-2)16-14/h8-9,13,15H,4-7,10H2,1-3H3. The molecule has 0 bridgehead atoms. The maximum atomic E-state index is 5.79. The molecular weight excluding hydrogens is 198 g/mol. The largest absolute Gasteiger partial charge is 0.464 e. The fourth-order valence-electron chi connectivity index (χ4n) is 1.72. The van der Waals surface area contributed by atoms with Crippen molar-refractivity contribution in [2.45, 2.75) is 46.1 Å². The van der Waals surface area contributed by atoms with Crippen molar-refractivity contribution in [2.24, 2.45) is 0 Å². The van der Waals surface area contributed by atoms with Crippen LogP contribution in [0.3, 0.4) is 0 Å². The Labute approximate surface area is 98.7 Å². The zero-order chi connectivity index (χ0) is 12.0. The Balaban J connectivity index is 2.71. The molecule has 0 aliphatic heterocycles. The van der Waals surface area contributed by atoms with Crippen LogP contribution in [0, 0.1) is 0 Å². The predicted octanol–water partition coefficient (Wildman–Crippen LogP) is 3.85. The van der Waals surface area contributed by atoms with Gasteiger partial charge in [-0.25, -0.2) is 0 Å². The van der Waals surface area contributed by atoms with E-state index in [1.54, 1.807) is 0 Å². The Kier molecular flexibility index (Phi) is 5.33. The molecule has 16 heavy (non-hydrogen) atoms. The number of furan rings is 1. The average molecular weight is 221 g/mol. The molecule has 0 saturated carbocycles. The van der Waals surface area contributed by atoms with Crippen molar-refractivity contribution < 1.29 is 4.42 Å². The summed E-state index contributed by atoms with van der Waals surface area (Å²) < 4.78 is 5.79. The molecule has 2 heteroatoms. The van der Waals surface area contributed by atoms with Gasteiger partial charge in [0, 0.05) is 6.42 Å². The summed E-state index contributed by atoms with van der Waals surface area (Å²) in [5.41, 5.74) is 1.26. The third kappa shape index (κ3) is 3.53. The fourth-order valence-corrected chi connectivity index (χ4v) is 1.72. The van der Waals surface area contributed by atoms with Gasteiger partial charge in [-0.2, -0.15) is 0 Å². The van der Waals surface area contributed by atoms with Crippen LogP contribution >= 0.6 is 0 Å². The lowest BCUT2D eigenvalue weighted by atomic mass is 10.0. The molecule has 0 amide bonds. The Morgan fingerprint density at radius 1 is 1.38 bits per heavy atom. The molecule has 1 N–H and O–H groups in total. The molecule has 2 nitrogen and oxygen atoms in total. The lowest BCUT2D eigenvalue weighted by Gasteiger charge is -2.16. The Morgan fingerprint density at radius 2 is 2.12 bits per heavy atom. The van der Waals surface area contributed by atoms with Crippen LogP contribution in [-0.2, 0) is 6.42 Å². The van der Waals surface area contributed by atoms with E-state index in [0.29, 0.717) is 0 Å². The quantitative estimate of drug-likeness (QED) is 0.707. The molecule has 0 radical (unpaired) electrons. The normalized spacial score (nSPS) is 12.7. The minimum atomic E-state index is 0.276. The Bertz CT molecular complexity index is 327. The van der Waals surface area contributed by atoms with Crippen LogP contribution < -0.4 is 5.32 Å². The first-order valence-corrected chi connectivity index (χ1v) is 6.19. The number of hydrogen-bond acceptors (Lipinski definition) is 2. The summed E-state index contributed by atoms with van der Waals surface area (Å²) in [5.74, 6) is 2.09. The van der Waals surface area contributed by atoms with E-state index in [1.165, 1.54) is 5.57 Å². The fraction of sp³-hybridized carbons (Fsp3) is 0.571. The highest BCUT2D eigenvalue weighted by Gasteiger charge is 2.14. The molecule has 1 aromatic heterocycles. The van der Waals surface area contributed by atoms with Gasteiger partial charge in [0.1, 0.15) is 11.5 Å². The van der Waals surface area contributed by atoms with Crippen LogP contribution in [0.1, 0.15) is 51.2 Å². The maximum absolute atomic E-state index is 5.79. The molecular formula is C14H23NO. The highest BCUT2D eigenvalue weighted by Crippen LogP contribution is 2.23. The van der Waals surface area contributed by atoms with Crippen LogP contribution in [0.25, 0.3) is 0 Å². The van der Waals surface area contributed by atoms with E-state index in [-0.39, 0.29) is 6.04 Å². The van der Waals surface area contributed by atoms with Gasteiger partial charge < -0.3 is 9.73 Å². The van der Waals surface area contributed by atoms with Crippen molar-refractivity contribution in [3.63, 3.8) is 0 Å². The number of nitrogens with one attached hydrogen (secondary N) is 1. The summed E-state index contributed by atoms with van der Waals surface area (Å²) >= 11 is 0. The van der Waals surface area contributed by atoms with Crippen molar-refractivity contribution in [1.29, 1.82) is 0 Å². The second-order valence-electron chi connectivity index (χ2n) is 4.08. The minimum Gasteiger partial charge on any atom is -0.464 e. The predicted molar refractivity (Wildman–Crippen MR) is 68.6 cm³/mol. The SMILES string of the molecule is C=C(CC)CC(NCC)c1ccc(CC)o1. The van der Waals surface area contributed by atoms with Gasteiger partial charge in [0.15, 0.2) is 0 Å². The van der Waals surface area contributed by atoms with Crippen molar-refractivity contribution in [3.05, 3.63) is 35.8 Å². The van der Waals surface area contributed by atoms with Crippen LogP contribution in [0.2, 0.25) is 0 Å². The minimum absolute atomic E-state index is 0.276. The highest BCUT2D eigenvalue weighted by atomic mass is 16.3. The molecule has 0 aliphatic rings. The topological polar surface area (TPSA) is 25.2 Å². The first-order valence-electron chi connectivity index (χ1n) is 6.19. The molecule has 1 unspecified atom stereocenters. The highest BCUT2D eigenvalue weighted by molar-refractivity contribution is 5.13. The number of hydrogen-bond donors (Lipinski definition) is 1. The van der Waals surface area contributed by atoms with Crippen LogP contribution in [-0.4, -0.2) is 6.54 Å². The Morgan fingerprint density at radius 3 is 2.62 bits per heavy atom. The second kappa shape index (κ2) is 6.54. The summed E-state index contributed by atoms with van der Waals surface area (Å²) in [6, 6.07) is 4.42. The first kappa shape index (κ1) is 13.0. The first-order chi connectivity index (χ1) is 7.71. The van der Waals surface area contributed by atoms with Crippen LogP contribution in [0.4, 0.5) is 0 Å². The van der Waals surface area contributed by atoms with Gasteiger partial charge in [-0.05, 0) is 31.5 Å². The summed E-state index contributed by atoms with van der Waals surface area (Å²) in [5, 5.41) is 3.45. The van der Waals surface area contributed by atoms with Crippen molar-refractivity contribution in [1.82, 2.24) is 5.32 Å². The average Bonchev–Trinajstić information content (AvgIpc) is 2.76. The molecule has 0 spiro atoms. The molecule has 1 rings (SSSR count). The maximum Gasteiger partial charge on any atom is 0.121 e. The molecule has 90 valence electrons. The van der Waals surface area contributed by atoms with E-state index in [2.05, 4.69) is 44.8 Å². The zero-order valence-electron chi connectivity index (χ0n) is 10.7. The van der Waals surface area contributed by atoms with E-state index in [0.717, 1.165) is 37.3 Å². The van der Waals surface area contributed by atoms with Gasteiger partial charge in [-0.15, -0.1) is 0 Å². The van der Waals surface area contributed by atoms with Gasteiger partial charge in [0.05, 0.1) is 6.04 Å². The van der Waals surface area contributed by atoms with E-state index in [9.17, 15) is 0 Å².